The van der Waals surface area contributed by atoms with Crippen LogP contribution in [-0.2, 0) is 11.2 Å². The number of carbonyl (C=O) groups is 1. The fourth-order valence-corrected chi connectivity index (χ4v) is 4.20. The van der Waals surface area contributed by atoms with Gasteiger partial charge < -0.3 is 5.32 Å². The van der Waals surface area contributed by atoms with E-state index in [0.717, 1.165) is 35.5 Å². The van der Waals surface area contributed by atoms with Crippen molar-refractivity contribution in [1.82, 2.24) is 20.2 Å². The summed E-state index contributed by atoms with van der Waals surface area (Å²) in [5, 5.41) is 16.1. The van der Waals surface area contributed by atoms with Gasteiger partial charge in [-0.15, -0.1) is 10.2 Å². The second-order valence-electron chi connectivity index (χ2n) is 6.11. The van der Waals surface area contributed by atoms with Crippen LogP contribution >= 0.6 is 11.8 Å². The molecule has 1 fully saturated rings. The molecule has 3 rings (SSSR count). The predicted octanol–water partition coefficient (Wildman–Crippen LogP) is 2.24. The van der Waals surface area contributed by atoms with Crippen LogP contribution in [-0.4, -0.2) is 38.8 Å². The number of aromatic nitrogens is 3. The molecule has 1 saturated carbocycles. The lowest BCUT2D eigenvalue weighted by atomic mass is 9.86. The van der Waals surface area contributed by atoms with Crippen molar-refractivity contribution in [2.45, 2.75) is 62.3 Å². The molecule has 2 heterocycles. The molecule has 0 aromatic carbocycles. The number of fused-ring (bicyclic) bond motifs is 1. The first-order chi connectivity index (χ1) is 10.7. The molecule has 1 amide bonds. The third-order valence-electron chi connectivity index (χ3n) is 4.52. The van der Waals surface area contributed by atoms with Crippen molar-refractivity contribution in [2.75, 3.05) is 7.05 Å². The van der Waals surface area contributed by atoms with E-state index >= 15 is 0 Å². The van der Waals surface area contributed by atoms with Gasteiger partial charge >= 0.3 is 0 Å². The minimum atomic E-state index is -0.298. The van der Waals surface area contributed by atoms with E-state index in [-0.39, 0.29) is 11.2 Å². The first-order valence-electron chi connectivity index (χ1n) is 8.07. The van der Waals surface area contributed by atoms with Gasteiger partial charge in [-0.25, -0.2) is 0 Å². The van der Waals surface area contributed by atoms with Gasteiger partial charge in [0.25, 0.3) is 0 Å². The highest BCUT2D eigenvalue weighted by molar-refractivity contribution is 8.01. The van der Waals surface area contributed by atoms with Crippen LogP contribution in [0.2, 0.25) is 0 Å². The Balaban J connectivity index is 1.69. The van der Waals surface area contributed by atoms with E-state index in [1.807, 2.05) is 11.6 Å². The summed E-state index contributed by atoms with van der Waals surface area (Å²) in [7, 11) is 1.64. The molecule has 1 aliphatic heterocycles. The molecule has 1 aromatic heterocycles. The highest BCUT2D eigenvalue weighted by Crippen LogP contribution is 2.30. The molecule has 0 spiro atoms. The van der Waals surface area contributed by atoms with Crippen LogP contribution in [0, 0.1) is 5.92 Å². The van der Waals surface area contributed by atoms with Gasteiger partial charge in [0, 0.05) is 13.5 Å². The van der Waals surface area contributed by atoms with E-state index in [1.54, 1.807) is 7.05 Å². The smallest absolute Gasteiger partial charge is 0.239 e. The summed E-state index contributed by atoms with van der Waals surface area (Å²) < 4.78 is 1.82. The lowest BCUT2D eigenvalue weighted by Crippen LogP contribution is -2.36. The fourth-order valence-electron chi connectivity index (χ4n) is 3.21. The number of rotatable bonds is 4. The maximum atomic E-state index is 11.9. The monoisotopic (exact) mass is 321 g/mol. The van der Waals surface area contributed by atoms with Crippen molar-refractivity contribution < 1.29 is 4.79 Å². The SMILES string of the molecule is CNC(=O)[C@H]1Sc2nnc(CCC3CCCCC3)n2N=C1C. The number of thioether (sulfide) groups is 1. The second-order valence-corrected chi connectivity index (χ2v) is 7.18. The molecular formula is C15H23N5OS. The Morgan fingerprint density at radius 1 is 1.32 bits per heavy atom. The molecule has 0 saturated heterocycles. The van der Waals surface area contributed by atoms with Crippen molar-refractivity contribution in [2.24, 2.45) is 11.0 Å². The van der Waals surface area contributed by atoms with Gasteiger partial charge in [0.1, 0.15) is 5.25 Å². The standard InChI is InChI=1S/C15H23N5OS/c1-10-13(14(21)16-2)22-15-18-17-12(20(15)19-10)9-8-11-6-4-3-5-7-11/h11,13H,3-9H2,1-2H3,(H,16,21)/t13-/m0/s1. The molecule has 0 unspecified atom stereocenters. The molecule has 1 aromatic rings. The van der Waals surface area contributed by atoms with Gasteiger partial charge in [-0.05, 0) is 19.3 Å². The van der Waals surface area contributed by atoms with Crippen LogP contribution in [0.25, 0.3) is 0 Å². The second kappa shape index (κ2) is 6.81. The van der Waals surface area contributed by atoms with E-state index in [2.05, 4.69) is 20.6 Å². The topological polar surface area (TPSA) is 72.2 Å². The minimum Gasteiger partial charge on any atom is -0.358 e. The summed E-state index contributed by atoms with van der Waals surface area (Å²) in [6.45, 7) is 1.89. The predicted molar refractivity (Wildman–Crippen MR) is 87.1 cm³/mol. The number of nitrogens with one attached hydrogen (secondary N) is 1. The zero-order chi connectivity index (χ0) is 15.5. The van der Waals surface area contributed by atoms with Crippen molar-refractivity contribution in [3.63, 3.8) is 0 Å². The zero-order valence-corrected chi connectivity index (χ0v) is 14.0. The molecule has 120 valence electrons. The normalized spacial score (nSPS) is 22.1. The number of aryl methyl sites for hydroxylation is 1. The maximum absolute atomic E-state index is 11.9. The first kappa shape index (κ1) is 15.5. The Bertz CT molecular complexity index is 576. The van der Waals surface area contributed by atoms with Crippen LogP contribution in [0.15, 0.2) is 10.3 Å². The van der Waals surface area contributed by atoms with E-state index in [4.69, 9.17) is 0 Å². The van der Waals surface area contributed by atoms with Crippen LogP contribution in [0.3, 0.4) is 0 Å². The zero-order valence-electron chi connectivity index (χ0n) is 13.2. The summed E-state index contributed by atoms with van der Waals surface area (Å²) in [4.78, 5) is 11.9. The average molecular weight is 321 g/mol. The number of amides is 1. The van der Waals surface area contributed by atoms with Gasteiger partial charge in [-0.3, -0.25) is 4.79 Å². The molecular weight excluding hydrogens is 298 g/mol. The quantitative estimate of drug-likeness (QED) is 0.923. The molecule has 0 bridgehead atoms. The highest BCUT2D eigenvalue weighted by Gasteiger charge is 2.30. The maximum Gasteiger partial charge on any atom is 0.239 e. The molecule has 1 atom stereocenters. The van der Waals surface area contributed by atoms with E-state index in [9.17, 15) is 4.79 Å². The van der Waals surface area contributed by atoms with Crippen molar-refractivity contribution in [3.8, 4) is 0 Å². The number of hydrogen-bond acceptors (Lipinski definition) is 5. The largest absolute Gasteiger partial charge is 0.358 e. The van der Waals surface area contributed by atoms with Crippen molar-refractivity contribution in [3.05, 3.63) is 5.82 Å². The fraction of sp³-hybridized carbons (Fsp3) is 0.733. The number of hydrogen-bond donors (Lipinski definition) is 1. The molecule has 7 heteroatoms. The van der Waals surface area contributed by atoms with E-state index < -0.39 is 0 Å². The van der Waals surface area contributed by atoms with Gasteiger partial charge in [0.05, 0.1) is 5.71 Å². The Morgan fingerprint density at radius 3 is 2.82 bits per heavy atom. The van der Waals surface area contributed by atoms with E-state index in [1.165, 1.54) is 43.9 Å². The summed E-state index contributed by atoms with van der Waals surface area (Å²) in [6.07, 6.45) is 8.88. The van der Waals surface area contributed by atoms with Gasteiger partial charge in [0.15, 0.2) is 5.82 Å². The Hall–Kier alpha value is -1.37. The lowest BCUT2D eigenvalue weighted by molar-refractivity contribution is -0.119. The Kier molecular flexibility index (Phi) is 4.81. The minimum absolute atomic E-state index is 0.0377. The number of carbonyl (C=O) groups excluding carboxylic acids is 1. The first-order valence-corrected chi connectivity index (χ1v) is 8.95. The van der Waals surface area contributed by atoms with Gasteiger partial charge in [-0.2, -0.15) is 9.78 Å². The summed E-state index contributed by atoms with van der Waals surface area (Å²) in [5.41, 5.74) is 0.801. The van der Waals surface area contributed by atoms with Gasteiger partial charge in [-0.1, -0.05) is 43.9 Å². The van der Waals surface area contributed by atoms with Crippen LogP contribution in [0.5, 0.6) is 0 Å². The molecule has 2 aliphatic rings. The molecule has 6 nitrogen and oxygen atoms in total. The van der Waals surface area contributed by atoms with Crippen molar-refractivity contribution in [1.29, 1.82) is 0 Å². The summed E-state index contributed by atoms with van der Waals surface area (Å²) in [6, 6.07) is 0. The van der Waals surface area contributed by atoms with E-state index in [0.29, 0.717) is 0 Å². The van der Waals surface area contributed by atoms with Crippen molar-refractivity contribution >= 4 is 23.4 Å². The molecule has 1 aliphatic carbocycles. The van der Waals surface area contributed by atoms with Gasteiger partial charge in [0.2, 0.25) is 11.1 Å². The molecule has 0 radical (unpaired) electrons. The average Bonchev–Trinajstić information content (AvgIpc) is 2.94. The third kappa shape index (κ3) is 3.19. The van der Waals surface area contributed by atoms with Crippen LogP contribution < -0.4 is 5.32 Å². The van der Waals surface area contributed by atoms with Crippen LogP contribution in [0.4, 0.5) is 0 Å². The lowest BCUT2D eigenvalue weighted by Gasteiger charge is -2.22. The molecule has 1 N–H and O–H groups in total. The highest BCUT2D eigenvalue weighted by atomic mass is 32.2. The number of nitrogens with zero attached hydrogens (tertiary/aromatic N) is 4. The summed E-state index contributed by atoms with van der Waals surface area (Å²) in [5.74, 6) is 1.70. The van der Waals surface area contributed by atoms with Crippen LogP contribution in [0.1, 0.15) is 51.3 Å². The Labute approximate surface area is 135 Å². The third-order valence-corrected chi connectivity index (χ3v) is 5.78. The molecule has 22 heavy (non-hydrogen) atoms. The Morgan fingerprint density at radius 2 is 2.09 bits per heavy atom. The summed E-state index contributed by atoms with van der Waals surface area (Å²) >= 11 is 1.43.